The van der Waals surface area contributed by atoms with Crippen LogP contribution in [0.4, 0.5) is 0 Å². The molecule has 0 aliphatic carbocycles. The van der Waals surface area contributed by atoms with Crippen LogP contribution in [0.3, 0.4) is 0 Å². The van der Waals surface area contributed by atoms with Crippen molar-refractivity contribution in [3.63, 3.8) is 0 Å². The molecule has 0 radical (unpaired) electrons. The molecule has 0 aromatic rings. The normalized spacial score (nSPS) is 13.4. The lowest BCUT2D eigenvalue weighted by Crippen LogP contribution is -2.08. The van der Waals surface area contributed by atoms with E-state index < -0.39 is 0 Å². The zero-order valence-corrected chi connectivity index (χ0v) is 10.6. The van der Waals surface area contributed by atoms with Crippen LogP contribution in [0.2, 0.25) is 0 Å². The molecule has 0 fully saturated rings. The highest BCUT2D eigenvalue weighted by molar-refractivity contribution is 5.98. The molecular weight excluding hydrogens is 184 g/mol. The monoisotopic (exact) mass is 202 g/mol. The standard InChI is InChI=1S/C9H18O3Si/c1-3-5-9(10)11-7-4-6-8(2)12-13/h3,5,8H,4,6-7H2,1-2,13H3. The minimum Gasteiger partial charge on any atom is -0.463 e. The van der Waals surface area contributed by atoms with Crippen molar-refractivity contribution in [3.8, 4) is 0 Å². The van der Waals surface area contributed by atoms with Crippen LogP contribution in [0.5, 0.6) is 0 Å². The Morgan fingerprint density at radius 3 is 2.85 bits per heavy atom. The molecule has 0 saturated carbocycles. The van der Waals surface area contributed by atoms with Gasteiger partial charge in [0.2, 0.25) is 0 Å². The Morgan fingerprint density at radius 1 is 1.62 bits per heavy atom. The van der Waals surface area contributed by atoms with Gasteiger partial charge in [-0.05, 0) is 26.7 Å². The van der Waals surface area contributed by atoms with E-state index in [0.717, 1.165) is 23.3 Å². The Balaban J connectivity index is 3.30. The predicted octanol–water partition coefficient (Wildman–Crippen LogP) is 0.571. The van der Waals surface area contributed by atoms with Gasteiger partial charge in [-0.2, -0.15) is 0 Å². The molecule has 0 saturated heterocycles. The molecule has 0 rings (SSSR count). The summed E-state index contributed by atoms with van der Waals surface area (Å²) in [7, 11) is 0.770. The summed E-state index contributed by atoms with van der Waals surface area (Å²) in [6.07, 6.45) is 5.21. The highest BCUT2D eigenvalue weighted by Crippen LogP contribution is 1.99. The molecule has 0 aliphatic rings. The molecule has 1 atom stereocenters. The van der Waals surface area contributed by atoms with Gasteiger partial charge in [-0.25, -0.2) is 4.79 Å². The van der Waals surface area contributed by atoms with E-state index in [2.05, 4.69) is 0 Å². The SMILES string of the molecule is CC=CC(=O)OCCCC(C)O[SiH3]. The molecule has 0 N–H and O–H groups in total. The maximum absolute atomic E-state index is 10.8. The van der Waals surface area contributed by atoms with Gasteiger partial charge in [-0.3, -0.25) is 0 Å². The van der Waals surface area contributed by atoms with Gasteiger partial charge in [0.25, 0.3) is 0 Å². The first-order valence-electron chi connectivity index (χ1n) is 4.53. The smallest absolute Gasteiger partial charge is 0.330 e. The first kappa shape index (κ1) is 12.4. The summed E-state index contributed by atoms with van der Waals surface area (Å²) >= 11 is 0. The molecule has 76 valence electrons. The zero-order valence-electron chi connectivity index (χ0n) is 8.58. The summed E-state index contributed by atoms with van der Waals surface area (Å²) in [6.45, 7) is 4.30. The topological polar surface area (TPSA) is 35.5 Å². The molecule has 0 aromatic heterocycles. The fraction of sp³-hybridized carbons (Fsp3) is 0.667. The van der Waals surface area contributed by atoms with Crippen LogP contribution >= 0.6 is 0 Å². The highest BCUT2D eigenvalue weighted by atomic mass is 28.2. The van der Waals surface area contributed by atoms with Crippen molar-refractivity contribution in [2.45, 2.75) is 32.8 Å². The molecule has 0 aromatic carbocycles. The Morgan fingerprint density at radius 2 is 2.31 bits per heavy atom. The molecule has 0 amide bonds. The summed E-state index contributed by atoms with van der Waals surface area (Å²) < 4.78 is 10.1. The minimum atomic E-state index is -0.262. The van der Waals surface area contributed by atoms with Gasteiger partial charge in [-0.15, -0.1) is 0 Å². The lowest BCUT2D eigenvalue weighted by Gasteiger charge is -2.08. The molecule has 4 heteroatoms. The maximum Gasteiger partial charge on any atom is 0.330 e. The summed E-state index contributed by atoms with van der Waals surface area (Å²) in [5, 5.41) is 0. The van der Waals surface area contributed by atoms with E-state index in [0.29, 0.717) is 12.7 Å². The molecule has 1 unspecified atom stereocenters. The van der Waals surface area contributed by atoms with E-state index >= 15 is 0 Å². The summed E-state index contributed by atoms with van der Waals surface area (Å²) in [4.78, 5) is 10.8. The molecule has 0 bridgehead atoms. The highest BCUT2D eigenvalue weighted by Gasteiger charge is 1.99. The quantitative estimate of drug-likeness (QED) is 0.273. The van der Waals surface area contributed by atoms with Gasteiger partial charge >= 0.3 is 5.97 Å². The first-order chi connectivity index (χ1) is 6.20. The van der Waals surface area contributed by atoms with Gasteiger partial charge in [0.15, 0.2) is 0 Å². The molecule has 13 heavy (non-hydrogen) atoms. The first-order valence-corrected chi connectivity index (χ1v) is 5.34. The zero-order chi connectivity index (χ0) is 10.1. The number of allylic oxidation sites excluding steroid dienone is 1. The fourth-order valence-corrected chi connectivity index (χ4v) is 1.08. The lowest BCUT2D eigenvalue weighted by molar-refractivity contribution is -0.137. The van der Waals surface area contributed by atoms with E-state index in [1.807, 2.05) is 6.92 Å². The Labute approximate surface area is 82.7 Å². The van der Waals surface area contributed by atoms with Crippen LogP contribution in [-0.4, -0.2) is 29.2 Å². The number of hydrogen-bond donors (Lipinski definition) is 0. The second-order valence-corrected chi connectivity index (χ2v) is 3.33. The van der Waals surface area contributed by atoms with Crippen molar-refractivity contribution in [2.75, 3.05) is 6.61 Å². The number of carbonyl (C=O) groups is 1. The Hall–Kier alpha value is -0.613. The van der Waals surface area contributed by atoms with Crippen molar-refractivity contribution in [2.24, 2.45) is 0 Å². The summed E-state index contributed by atoms with van der Waals surface area (Å²) in [5.41, 5.74) is 0. The third-order valence-corrected chi connectivity index (χ3v) is 2.51. The average molecular weight is 202 g/mol. The van der Waals surface area contributed by atoms with E-state index in [1.165, 1.54) is 6.08 Å². The van der Waals surface area contributed by atoms with Crippen LogP contribution in [0.25, 0.3) is 0 Å². The fourth-order valence-electron chi connectivity index (χ4n) is 0.846. The van der Waals surface area contributed by atoms with Gasteiger partial charge in [0.1, 0.15) is 10.5 Å². The van der Waals surface area contributed by atoms with E-state index in [1.54, 1.807) is 13.0 Å². The molecule has 0 spiro atoms. The second kappa shape index (κ2) is 8.01. The third-order valence-electron chi connectivity index (χ3n) is 1.70. The summed E-state index contributed by atoms with van der Waals surface area (Å²) in [5.74, 6) is -0.262. The number of rotatable bonds is 6. The van der Waals surface area contributed by atoms with Gasteiger partial charge < -0.3 is 9.16 Å². The third kappa shape index (κ3) is 7.74. The van der Waals surface area contributed by atoms with Crippen LogP contribution in [0.15, 0.2) is 12.2 Å². The number of hydrogen-bond acceptors (Lipinski definition) is 3. The van der Waals surface area contributed by atoms with Crippen LogP contribution < -0.4 is 0 Å². The molecule has 3 nitrogen and oxygen atoms in total. The van der Waals surface area contributed by atoms with Crippen LogP contribution in [-0.2, 0) is 14.0 Å². The molecule has 0 heterocycles. The predicted molar refractivity (Wildman–Crippen MR) is 55.5 cm³/mol. The second-order valence-electron chi connectivity index (χ2n) is 2.86. The number of carbonyl (C=O) groups excluding carboxylic acids is 1. The van der Waals surface area contributed by atoms with E-state index in [-0.39, 0.29) is 5.97 Å². The lowest BCUT2D eigenvalue weighted by atomic mass is 10.2. The summed E-state index contributed by atoms with van der Waals surface area (Å²) in [6, 6.07) is 0. The van der Waals surface area contributed by atoms with E-state index in [9.17, 15) is 4.79 Å². The van der Waals surface area contributed by atoms with Crippen molar-refractivity contribution in [3.05, 3.63) is 12.2 Å². The Kier molecular flexibility index (Phi) is 7.63. The number of ether oxygens (including phenoxy) is 1. The van der Waals surface area contributed by atoms with Gasteiger partial charge in [0.05, 0.1) is 6.61 Å². The van der Waals surface area contributed by atoms with Crippen LogP contribution in [0.1, 0.15) is 26.7 Å². The van der Waals surface area contributed by atoms with Crippen molar-refractivity contribution < 1.29 is 14.0 Å². The van der Waals surface area contributed by atoms with Crippen molar-refractivity contribution >= 4 is 16.5 Å². The maximum atomic E-state index is 10.8. The van der Waals surface area contributed by atoms with Gasteiger partial charge in [-0.1, -0.05) is 6.08 Å². The van der Waals surface area contributed by atoms with Crippen LogP contribution in [0, 0.1) is 0 Å². The molecular formula is C9H18O3Si. The van der Waals surface area contributed by atoms with Gasteiger partial charge in [0, 0.05) is 12.2 Å². The minimum absolute atomic E-state index is 0.262. The Bertz CT molecular complexity index is 168. The van der Waals surface area contributed by atoms with Crippen molar-refractivity contribution in [1.29, 1.82) is 0 Å². The number of esters is 1. The molecule has 0 aliphatic heterocycles. The average Bonchev–Trinajstić information content (AvgIpc) is 2.12. The largest absolute Gasteiger partial charge is 0.463 e. The van der Waals surface area contributed by atoms with E-state index in [4.69, 9.17) is 9.16 Å². The van der Waals surface area contributed by atoms with Crippen molar-refractivity contribution in [1.82, 2.24) is 0 Å².